The lowest BCUT2D eigenvalue weighted by Gasteiger charge is -2.05. The Hall–Kier alpha value is -2.66. The second-order valence-electron chi connectivity index (χ2n) is 7.30. The molecule has 3 N–H and O–H groups in total. The van der Waals surface area contributed by atoms with Gasteiger partial charge in [-0.15, -0.1) is 0 Å². The van der Waals surface area contributed by atoms with Gasteiger partial charge in [-0.1, -0.05) is 0 Å². The van der Waals surface area contributed by atoms with E-state index in [1.165, 1.54) is 20.8 Å². The molecule has 0 spiro atoms. The average Bonchev–Trinajstić information content (AvgIpc) is 2.76. The molecule has 0 fully saturated rings. The Morgan fingerprint density at radius 2 is 0.853 bits per heavy atom. The van der Waals surface area contributed by atoms with Crippen molar-refractivity contribution in [3.8, 4) is 0 Å². The lowest BCUT2D eigenvalue weighted by molar-refractivity contribution is -0.146. The lowest BCUT2D eigenvalue weighted by atomic mass is 10.2. The van der Waals surface area contributed by atoms with Gasteiger partial charge in [0.15, 0.2) is 0 Å². The van der Waals surface area contributed by atoms with Gasteiger partial charge < -0.3 is 39.2 Å². The Morgan fingerprint density at radius 3 is 1.09 bits per heavy atom. The fraction of sp³-hybridized carbons (Fsp3) is 0.739. The molecule has 0 aromatic carbocycles. The number of carbonyl (C=O) groups excluding carboxylic acids is 5. The molecule has 0 saturated heterocycles. The number of carboxylic acids is 1. The first-order valence-corrected chi connectivity index (χ1v) is 11.2. The van der Waals surface area contributed by atoms with E-state index >= 15 is 0 Å². The zero-order valence-corrected chi connectivity index (χ0v) is 20.5. The second-order valence-corrected chi connectivity index (χ2v) is 7.30. The van der Waals surface area contributed by atoms with Crippen LogP contribution in [0.3, 0.4) is 0 Å². The standard InChI is InChI=1S/C14H22O6.C5H8O3.C4H10O2/c1-11(15)5-7-13(17)19-9-3-4-10-20-14(18)8-6-12(2)16;1-4(6)2-3-5(7)8;5-3-1-2-4-6/h3-10H2,1-2H3;2-3H2,1H3,(H,7,8);5-6H,1-4H2. The Kier molecular flexibility index (Phi) is 28.1. The van der Waals surface area contributed by atoms with Gasteiger partial charge in [-0.05, 0) is 46.5 Å². The van der Waals surface area contributed by atoms with Crippen LogP contribution < -0.4 is 0 Å². The molecule has 0 heterocycles. The number of carboxylic acid groups (broad SMARTS) is 1. The van der Waals surface area contributed by atoms with Crippen LogP contribution in [0.15, 0.2) is 0 Å². The molecule has 0 aromatic rings. The third-order valence-electron chi connectivity index (χ3n) is 3.68. The summed E-state index contributed by atoms with van der Waals surface area (Å²) in [5.41, 5.74) is 0. The highest BCUT2D eigenvalue weighted by atomic mass is 16.5. The fourth-order valence-corrected chi connectivity index (χ4v) is 1.78. The van der Waals surface area contributed by atoms with Crippen LogP contribution in [0.1, 0.15) is 85.0 Å². The Morgan fingerprint density at radius 1 is 0.529 bits per heavy atom. The van der Waals surface area contributed by atoms with Crippen LogP contribution >= 0.6 is 0 Å². The molecule has 0 radical (unpaired) electrons. The maximum Gasteiger partial charge on any atom is 0.306 e. The van der Waals surface area contributed by atoms with Gasteiger partial charge in [-0.25, -0.2) is 0 Å². The van der Waals surface area contributed by atoms with Crippen LogP contribution in [0.5, 0.6) is 0 Å². The molecule has 198 valence electrons. The van der Waals surface area contributed by atoms with Crippen LogP contribution in [-0.4, -0.2) is 77.0 Å². The summed E-state index contributed by atoms with van der Waals surface area (Å²) >= 11 is 0. The van der Waals surface area contributed by atoms with Crippen molar-refractivity contribution in [3.63, 3.8) is 0 Å². The minimum atomic E-state index is -0.916. The zero-order valence-electron chi connectivity index (χ0n) is 20.5. The predicted octanol–water partition coefficient (Wildman–Crippen LogP) is 1.78. The van der Waals surface area contributed by atoms with Crippen molar-refractivity contribution in [2.24, 2.45) is 0 Å². The molecule has 0 atom stereocenters. The topological polar surface area (TPSA) is 182 Å². The van der Waals surface area contributed by atoms with Crippen LogP contribution in [0.25, 0.3) is 0 Å². The number of ketones is 3. The van der Waals surface area contributed by atoms with Crippen molar-refractivity contribution in [1.82, 2.24) is 0 Å². The van der Waals surface area contributed by atoms with E-state index in [1.54, 1.807) is 0 Å². The van der Waals surface area contributed by atoms with E-state index in [9.17, 15) is 28.8 Å². The number of aliphatic hydroxyl groups excluding tert-OH is 2. The highest BCUT2D eigenvalue weighted by Gasteiger charge is 2.06. The lowest BCUT2D eigenvalue weighted by Crippen LogP contribution is -2.10. The van der Waals surface area contributed by atoms with Crippen molar-refractivity contribution in [2.45, 2.75) is 85.0 Å². The van der Waals surface area contributed by atoms with Crippen LogP contribution in [0.4, 0.5) is 0 Å². The Labute approximate surface area is 200 Å². The van der Waals surface area contributed by atoms with Crippen LogP contribution in [0, 0.1) is 0 Å². The third kappa shape index (κ3) is 39.8. The molecule has 0 rings (SSSR count). The summed E-state index contributed by atoms with van der Waals surface area (Å²) in [6, 6.07) is 0. The number of ether oxygens (including phenoxy) is 2. The molecular weight excluding hydrogens is 452 g/mol. The van der Waals surface area contributed by atoms with Crippen molar-refractivity contribution in [1.29, 1.82) is 0 Å². The van der Waals surface area contributed by atoms with Gasteiger partial charge in [0.25, 0.3) is 0 Å². The molecule has 0 aliphatic rings. The molecule has 0 saturated carbocycles. The van der Waals surface area contributed by atoms with Gasteiger partial charge in [0.1, 0.15) is 17.3 Å². The summed E-state index contributed by atoms with van der Waals surface area (Å²) in [6.07, 6.45) is 3.33. The van der Waals surface area contributed by atoms with Gasteiger partial charge in [0.2, 0.25) is 0 Å². The largest absolute Gasteiger partial charge is 0.481 e. The quantitative estimate of drug-likeness (QED) is 0.199. The number of hydrogen-bond acceptors (Lipinski definition) is 10. The molecule has 0 amide bonds. The number of unbranched alkanes of at least 4 members (excludes halogenated alkanes) is 2. The van der Waals surface area contributed by atoms with Gasteiger partial charge in [0.05, 0.1) is 32.5 Å². The van der Waals surface area contributed by atoms with Gasteiger partial charge in [-0.3, -0.25) is 14.4 Å². The number of esters is 2. The molecule has 0 aliphatic carbocycles. The first kappa shape index (κ1) is 35.9. The van der Waals surface area contributed by atoms with Crippen LogP contribution in [0.2, 0.25) is 0 Å². The van der Waals surface area contributed by atoms with E-state index in [2.05, 4.69) is 0 Å². The average molecular weight is 493 g/mol. The molecule has 0 bridgehead atoms. The summed E-state index contributed by atoms with van der Waals surface area (Å²) in [7, 11) is 0. The smallest absolute Gasteiger partial charge is 0.306 e. The number of aliphatic hydroxyl groups is 2. The van der Waals surface area contributed by atoms with E-state index in [4.69, 9.17) is 24.8 Å². The third-order valence-corrected chi connectivity index (χ3v) is 3.68. The molecular formula is C23H40O11. The van der Waals surface area contributed by atoms with E-state index in [0.29, 0.717) is 12.8 Å². The van der Waals surface area contributed by atoms with Gasteiger partial charge in [0, 0.05) is 32.5 Å². The van der Waals surface area contributed by atoms with E-state index in [-0.39, 0.29) is 82.3 Å². The van der Waals surface area contributed by atoms with Crippen molar-refractivity contribution in [2.75, 3.05) is 26.4 Å². The highest BCUT2D eigenvalue weighted by molar-refractivity contribution is 5.81. The fourth-order valence-electron chi connectivity index (χ4n) is 1.78. The molecule has 0 aliphatic heterocycles. The SMILES string of the molecule is CC(=O)CCC(=O)O.CC(=O)CCC(=O)OCCCCOC(=O)CCC(C)=O.OCCCCO. The Balaban J connectivity index is -0.000000560. The maximum atomic E-state index is 11.1. The van der Waals surface area contributed by atoms with Crippen molar-refractivity contribution >= 4 is 35.3 Å². The number of aliphatic carboxylic acids is 1. The number of carbonyl (C=O) groups is 6. The molecule has 11 heteroatoms. The monoisotopic (exact) mass is 492 g/mol. The van der Waals surface area contributed by atoms with E-state index in [0.717, 1.165) is 12.8 Å². The second kappa shape index (κ2) is 26.6. The minimum Gasteiger partial charge on any atom is -0.481 e. The summed E-state index contributed by atoms with van der Waals surface area (Å²) < 4.78 is 9.80. The molecule has 0 unspecified atom stereocenters. The first-order chi connectivity index (χ1) is 16.0. The summed E-state index contributed by atoms with van der Waals surface area (Å²) in [4.78, 5) is 63.4. The number of rotatable bonds is 17. The van der Waals surface area contributed by atoms with E-state index in [1.807, 2.05) is 0 Å². The Bertz CT molecular complexity index is 548. The molecule has 34 heavy (non-hydrogen) atoms. The number of hydrogen-bond donors (Lipinski definition) is 3. The normalized spacial score (nSPS) is 9.44. The summed E-state index contributed by atoms with van der Waals surface area (Å²) in [5.74, 6) is -1.86. The van der Waals surface area contributed by atoms with Crippen molar-refractivity contribution < 1.29 is 53.6 Å². The summed E-state index contributed by atoms with van der Waals surface area (Å²) in [6.45, 7) is 5.12. The first-order valence-electron chi connectivity index (χ1n) is 11.2. The molecule has 0 aromatic heterocycles. The van der Waals surface area contributed by atoms with Gasteiger partial charge >= 0.3 is 17.9 Å². The predicted molar refractivity (Wildman–Crippen MR) is 122 cm³/mol. The highest BCUT2D eigenvalue weighted by Crippen LogP contribution is 1.99. The maximum absolute atomic E-state index is 11.1. The zero-order chi connectivity index (χ0) is 26.8. The van der Waals surface area contributed by atoms with Crippen LogP contribution in [-0.2, 0) is 38.2 Å². The van der Waals surface area contributed by atoms with Gasteiger partial charge in [-0.2, -0.15) is 0 Å². The van der Waals surface area contributed by atoms with E-state index < -0.39 is 17.9 Å². The summed E-state index contributed by atoms with van der Waals surface area (Å²) in [5, 5.41) is 24.2. The molecule has 11 nitrogen and oxygen atoms in total. The number of Topliss-reactive ketones (excluding diaryl/α,β-unsaturated/α-hetero) is 3. The minimum absolute atomic E-state index is 0.0422. The van der Waals surface area contributed by atoms with Crippen molar-refractivity contribution in [3.05, 3.63) is 0 Å².